The molecule has 0 heterocycles. The maximum Gasteiger partial charge on any atom is 0.182 e. The van der Waals surface area contributed by atoms with Gasteiger partial charge in [0, 0.05) is 26.3 Å². The normalized spacial score (nSPS) is 12.2. The lowest BCUT2D eigenvalue weighted by Crippen LogP contribution is -2.29. The molecule has 0 bridgehead atoms. The largest absolute Gasteiger partial charge is 0.623 e. The number of nitrogens with zero attached hydrogens (tertiary/aromatic N) is 1. The lowest BCUT2D eigenvalue weighted by molar-refractivity contribution is -0.530. The predicted molar refractivity (Wildman–Crippen MR) is 85.8 cm³/mol. The fourth-order valence-electron chi connectivity index (χ4n) is 1.72. The third-order valence-corrected chi connectivity index (χ3v) is 3.06. The number of ether oxygens (including phenoxy) is 1. The van der Waals surface area contributed by atoms with Crippen molar-refractivity contribution in [2.24, 2.45) is 0 Å². The highest BCUT2D eigenvalue weighted by Gasteiger charge is 2.17. The molecule has 0 fully saturated rings. The van der Waals surface area contributed by atoms with Gasteiger partial charge in [0.25, 0.3) is 0 Å². The lowest BCUT2D eigenvalue weighted by atomic mass is 10.1. The van der Waals surface area contributed by atoms with Gasteiger partial charge in [0.1, 0.15) is 12.4 Å². The number of rotatable bonds is 4. The fraction of sp³-hybridized carbons (Fsp3) is 0.278. The minimum atomic E-state index is -0.428. The molecule has 110 valence electrons. The molecule has 0 amide bonds. The number of hydroxylamine groups is 1. The first-order valence-corrected chi connectivity index (χ1v) is 7.03. The van der Waals surface area contributed by atoms with Crippen molar-refractivity contribution < 1.29 is 9.48 Å². The first-order valence-electron chi connectivity index (χ1n) is 7.03. The second-order valence-corrected chi connectivity index (χ2v) is 5.97. The molecule has 0 aromatic heterocycles. The van der Waals surface area contributed by atoms with E-state index in [-0.39, 0.29) is 0 Å². The summed E-state index contributed by atoms with van der Waals surface area (Å²) in [6.07, 6.45) is 1.60. The van der Waals surface area contributed by atoms with Crippen LogP contribution in [0.5, 0.6) is 5.75 Å². The Kier molecular flexibility index (Phi) is 4.63. The quantitative estimate of drug-likeness (QED) is 0.368. The molecule has 21 heavy (non-hydrogen) atoms. The zero-order valence-electron chi connectivity index (χ0n) is 12.7. The molecule has 0 unspecified atom stereocenters. The van der Waals surface area contributed by atoms with Gasteiger partial charge in [-0.1, -0.05) is 30.3 Å². The van der Waals surface area contributed by atoms with E-state index in [4.69, 9.17) is 4.74 Å². The predicted octanol–water partition coefficient (Wildman–Crippen LogP) is 3.99. The molecule has 0 saturated carbocycles. The van der Waals surface area contributed by atoms with Crippen LogP contribution in [-0.4, -0.2) is 16.5 Å². The van der Waals surface area contributed by atoms with Crippen LogP contribution in [0.4, 0.5) is 0 Å². The van der Waals surface area contributed by atoms with E-state index in [1.165, 1.54) is 0 Å². The Morgan fingerprint density at radius 3 is 2.19 bits per heavy atom. The summed E-state index contributed by atoms with van der Waals surface area (Å²) in [7, 11) is 0. The first-order chi connectivity index (χ1) is 9.95. The monoisotopic (exact) mass is 283 g/mol. The third kappa shape index (κ3) is 4.63. The average Bonchev–Trinajstić information content (AvgIpc) is 2.46. The molecule has 2 aromatic rings. The van der Waals surface area contributed by atoms with Crippen LogP contribution in [0.15, 0.2) is 54.6 Å². The molecule has 2 rings (SSSR count). The molecule has 0 atom stereocenters. The average molecular weight is 283 g/mol. The lowest BCUT2D eigenvalue weighted by Gasteiger charge is -2.18. The van der Waals surface area contributed by atoms with Gasteiger partial charge >= 0.3 is 0 Å². The Morgan fingerprint density at radius 2 is 1.62 bits per heavy atom. The van der Waals surface area contributed by atoms with Crippen molar-refractivity contribution in [3.05, 3.63) is 70.9 Å². The van der Waals surface area contributed by atoms with Crippen molar-refractivity contribution in [1.82, 2.24) is 0 Å². The molecule has 3 nitrogen and oxygen atoms in total. The number of hydrogen-bond donors (Lipinski definition) is 0. The van der Waals surface area contributed by atoms with Gasteiger partial charge in [-0.3, -0.25) is 0 Å². The molecule has 3 heteroatoms. The van der Waals surface area contributed by atoms with Crippen LogP contribution in [0.3, 0.4) is 0 Å². The van der Waals surface area contributed by atoms with E-state index < -0.39 is 5.54 Å². The van der Waals surface area contributed by atoms with Crippen LogP contribution >= 0.6 is 0 Å². The van der Waals surface area contributed by atoms with Gasteiger partial charge in [0.2, 0.25) is 0 Å². The van der Waals surface area contributed by atoms with E-state index in [0.29, 0.717) is 6.61 Å². The topological polar surface area (TPSA) is 35.3 Å². The van der Waals surface area contributed by atoms with Gasteiger partial charge in [-0.2, -0.15) is 0 Å². The fourth-order valence-corrected chi connectivity index (χ4v) is 1.72. The second kappa shape index (κ2) is 6.44. The van der Waals surface area contributed by atoms with Crippen molar-refractivity contribution >= 4 is 6.21 Å². The van der Waals surface area contributed by atoms with Crippen LogP contribution in [0, 0.1) is 5.21 Å². The molecule has 0 saturated heterocycles. The van der Waals surface area contributed by atoms with Crippen LogP contribution < -0.4 is 4.74 Å². The minimum absolute atomic E-state index is 0.428. The van der Waals surface area contributed by atoms with Gasteiger partial charge in [0.05, 0.1) is 0 Å². The molecule has 0 aliphatic rings. The maximum atomic E-state index is 11.9. The Bertz CT molecular complexity index is 595. The zero-order valence-corrected chi connectivity index (χ0v) is 12.7. The van der Waals surface area contributed by atoms with Crippen molar-refractivity contribution in [1.29, 1.82) is 0 Å². The highest BCUT2D eigenvalue weighted by atomic mass is 16.5. The highest BCUT2D eigenvalue weighted by molar-refractivity contribution is 5.76. The Balaban J connectivity index is 1.99. The summed E-state index contributed by atoms with van der Waals surface area (Å²) in [5, 5.41) is 11.9. The van der Waals surface area contributed by atoms with E-state index >= 15 is 0 Å². The van der Waals surface area contributed by atoms with E-state index in [1.54, 1.807) is 6.21 Å². The van der Waals surface area contributed by atoms with Crippen LogP contribution in [0.1, 0.15) is 31.9 Å². The summed E-state index contributed by atoms with van der Waals surface area (Å²) in [5.41, 5.74) is 1.57. The Morgan fingerprint density at radius 1 is 1.00 bits per heavy atom. The zero-order chi connectivity index (χ0) is 15.3. The van der Waals surface area contributed by atoms with E-state index in [0.717, 1.165) is 21.6 Å². The molecule has 2 aromatic carbocycles. The summed E-state index contributed by atoms with van der Waals surface area (Å²) in [5.74, 6) is 0.796. The smallest absolute Gasteiger partial charge is 0.182 e. The summed E-state index contributed by atoms with van der Waals surface area (Å²) >= 11 is 0. The summed E-state index contributed by atoms with van der Waals surface area (Å²) in [6, 6.07) is 17.6. The van der Waals surface area contributed by atoms with Gasteiger partial charge < -0.3 is 9.94 Å². The second-order valence-electron chi connectivity index (χ2n) is 5.97. The van der Waals surface area contributed by atoms with Gasteiger partial charge in [-0.25, -0.2) is 4.74 Å². The van der Waals surface area contributed by atoms with Crippen LogP contribution in [0.25, 0.3) is 0 Å². The standard InChI is InChI=1S/C18H21NO2/c1-18(2,3)19(20)13-15-9-11-17(12-10-15)21-14-16-7-5-4-6-8-16/h4-13H,14H2,1-3H3/b19-13+. The highest BCUT2D eigenvalue weighted by Crippen LogP contribution is 2.14. The van der Waals surface area contributed by atoms with E-state index in [2.05, 4.69) is 0 Å². The van der Waals surface area contributed by atoms with E-state index in [1.807, 2.05) is 75.4 Å². The summed E-state index contributed by atoms with van der Waals surface area (Å²) in [6.45, 7) is 6.19. The molecular weight excluding hydrogens is 262 g/mol. The SMILES string of the molecule is CC(C)(C)/[N+]([O-])=C\c1ccc(OCc2ccccc2)cc1. The molecule has 0 radical (unpaired) electrons. The molecular formula is C18H21NO2. The Hall–Kier alpha value is -2.29. The summed E-state index contributed by atoms with van der Waals surface area (Å²) in [4.78, 5) is 0. The third-order valence-electron chi connectivity index (χ3n) is 3.06. The molecule has 0 spiro atoms. The van der Waals surface area contributed by atoms with E-state index in [9.17, 15) is 5.21 Å². The van der Waals surface area contributed by atoms with Crippen LogP contribution in [0.2, 0.25) is 0 Å². The van der Waals surface area contributed by atoms with Gasteiger partial charge in [0.15, 0.2) is 11.8 Å². The van der Waals surface area contributed by atoms with Crippen molar-refractivity contribution in [3.8, 4) is 5.75 Å². The first kappa shape index (κ1) is 15.1. The molecule has 0 N–H and O–H groups in total. The van der Waals surface area contributed by atoms with Crippen LogP contribution in [-0.2, 0) is 6.61 Å². The molecule has 0 aliphatic heterocycles. The number of benzene rings is 2. The van der Waals surface area contributed by atoms with Gasteiger partial charge in [-0.05, 0) is 29.8 Å². The summed E-state index contributed by atoms with van der Waals surface area (Å²) < 4.78 is 6.68. The van der Waals surface area contributed by atoms with Crippen molar-refractivity contribution in [3.63, 3.8) is 0 Å². The number of hydrogen-bond acceptors (Lipinski definition) is 2. The van der Waals surface area contributed by atoms with Crippen molar-refractivity contribution in [2.45, 2.75) is 32.9 Å². The van der Waals surface area contributed by atoms with Crippen molar-refractivity contribution in [2.75, 3.05) is 0 Å². The maximum absolute atomic E-state index is 11.9. The Labute approximate surface area is 126 Å². The minimum Gasteiger partial charge on any atom is -0.623 e. The van der Waals surface area contributed by atoms with Gasteiger partial charge in [-0.15, -0.1) is 0 Å². The molecule has 0 aliphatic carbocycles.